The van der Waals surface area contributed by atoms with Crippen LogP contribution in [0.2, 0.25) is 0 Å². The number of nitro benzene ring substituents is 1. The molecule has 1 saturated heterocycles. The number of carbonyl (C=O) groups excluding carboxylic acids is 1. The maximum atomic E-state index is 10.6. The summed E-state index contributed by atoms with van der Waals surface area (Å²) in [4.78, 5) is 19.8. The summed E-state index contributed by atoms with van der Waals surface area (Å²) in [5.41, 5.74) is 0.445. The molecule has 0 aliphatic carbocycles. The summed E-state index contributed by atoms with van der Waals surface area (Å²) in [7, 11) is 0. The van der Waals surface area contributed by atoms with Gasteiger partial charge < -0.3 is 14.8 Å². The summed E-state index contributed by atoms with van der Waals surface area (Å²) in [6.45, 7) is 9.32. The third kappa shape index (κ3) is 6.09. The average Bonchev–Trinajstić information content (AvgIpc) is 2.33. The van der Waals surface area contributed by atoms with E-state index in [0.29, 0.717) is 17.8 Å². The van der Waals surface area contributed by atoms with E-state index in [2.05, 4.69) is 10.1 Å². The van der Waals surface area contributed by atoms with Crippen LogP contribution in [-0.2, 0) is 9.53 Å². The van der Waals surface area contributed by atoms with Gasteiger partial charge in [-0.05, 0) is 39.8 Å². The molecule has 22 heavy (non-hydrogen) atoms. The smallest absolute Gasteiger partial charge is 0.293 e. The topological polar surface area (TPSA) is 90.7 Å². The molecule has 1 aliphatic rings. The molecule has 0 spiro atoms. The van der Waals surface area contributed by atoms with Crippen LogP contribution >= 0.6 is 0 Å². The van der Waals surface area contributed by atoms with Crippen molar-refractivity contribution < 1.29 is 19.2 Å². The lowest BCUT2D eigenvalue weighted by atomic mass is 10.2. The first kappa shape index (κ1) is 17.9. The molecular weight excluding hydrogens is 288 g/mol. The molecule has 0 bridgehead atoms. The maximum absolute atomic E-state index is 10.6. The largest absolute Gasteiger partial charge is 0.488 e. The maximum Gasteiger partial charge on any atom is 0.293 e. The third-order valence-electron chi connectivity index (χ3n) is 2.81. The van der Waals surface area contributed by atoms with Crippen LogP contribution in [0.3, 0.4) is 0 Å². The molecule has 0 aromatic heterocycles. The van der Waals surface area contributed by atoms with Gasteiger partial charge in [-0.2, -0.15) is 0 Å². The van der Waals surface area contributed by atoms with Gasteiger partial charge in [0.2, 0.25) is 0 Å². The van der Waals surface area contributed by atoms with E-state index in [9.17, 15) is 14.9 Å². The number of hydrogen-bond acceptors (Lipinski definition) is 6. The van der Waals surface area contributed by atoms with E-state index < -0.39 is 0 Å². The van der Waals surface area contributed by atoms with Gasteiger partial charge in [0.15, 0.2) is 0 Å². The Bertz CT molecular complexity index is 521. The van der Waals surface area contributed by atoms with Crippen molar-refractivity contribution in [2.24, 2.45) is 0 Å². The number of nitrogens with zero attached hydrogens (tertiary/aromatic N) is 1. The van der Waals surface area contributed by atoms with Crippen molar-refractivity contribution >= 4 is 12.2 Å². The Morgan fingerprint density at radius 3 is 2.32 bits per heavy atom. The first-order chi connectivity index (χ1) is 10.2. The molecule has 1 heterocycles. The number of hydrogen-bond donors (Lipinski definition) is 1. The lowest BCUT2D eigenvalue weighted by molar-refractivity contribution is -0.385. The molecule has 0 saturated carbocycles. The van der Waals surface area contributed by atoms with E-state index in [1.807, 2.05) is 20.8 Å². The molecule has 1 fully saturated rings. The molecule has 0 atom stereocenters. The lowest BCUT2D eigenvalue weighted by Crippen LogP contribution is -2.50. The second-order valence-electron chi connectivity index (χ2n) is 5.93. The van der Waals surface area contributed by atoms with E-state index in [1.54, 1.807) is 19.1 Å². The Balaban J connectivity index is 0.000000295. The quantitative estimate of drug-likeness (QED) is 0.521. The normalized spacial score (nSPS) is 14.2. The van der Waals surface area contributed by atoms with Gasteiger partial charge >= 0.3 is 0 Å². The number of nitro groups is 1. The van der Waals surface area contributed by atoms with Crippen LogP contribution in [0, 0.1) is 17.0 Å². The summed E-state index contributed by atoms with van der Waals surface area (Å²) in [5.74, 6) is 0.699. The monoisotopic (exact) mass is 310 g/mol. The van der Waals surface area contributed by atoms with E-state index in [1.165, 1.54) is 6.07 Å². The number of nitrogens with one attached hydrogen (secondary N) is 1. The van der Waals surface area contributed by atoms with Gasteiger partial charge in [-0.3, -0.25) is 14.9 Å². The van der Waals surface area contributed by atoms with Crippen molar-refractivity contribution in [1.82, 2.24) is 5.32 Å². The molecule has 0 unspecified atom stereocenters. The summed E-state index contributed by atoms with van der Waals surface area (Å²) < 4.78 is 10.1. The van der Waals surface area contributed by atoms with Crippen molar-refractivity contribution in [1.29, 1.82) is 0 Å². The molecule has 1 aromatic carbocycles. The molecule has 2 rings (SSSR count). The first-order valence-electron chi connectivity index (χ1n) is 6.97. The van der Waals surface area contributed by atoms with Crippen LogP contribution in [0.5, 0.6) is 5.75 Å². The average molecular weight is 310 g/mol. The highest BCUT2D eigenvalue weighted by Gasteiger charge is 2.19. The van der Waals surface area contributed by atoms with Crippen LogP contribution in [0.4, 0.5) is 5.69 Å². The van der Waals surface area contributed by atoms with E-state index in [0.717, 1.165) is 13.1 Å². The standard InChI is InChI=1S/C10H12N2O3.C5H10O2/c1-7-4-8(15-9-5-11-6-9)2-3-10(7)12(13)14;1-5(2,3)7-4-6/h2-4,9,11H,5-6H2,1H3;4H,1-3H3. The fourth-order valence-electron chi connectivity index (χ4n) is 1.59. The van der Waals surface area contributed by atoms with Gasteiger partial charge in [-0.15, -0.1) is 0 Å². The zero-order valence-electron chi connectivity index (χ0n) is 13.3. The molecule has 1 aromatic rings. The predicted molar refractivity (Wildman–Crippen MR) is 82.0 cm³/mol. The van der Waals surface area contributed by atoms with Gasteiger partial charge in [-0.25, -0.2) is 0 Å². The van der Waals surface area contributed by atoms with E-state index in [4.69, 9.17) is 4.74 Å². The van der Waals surface area contributed by atoms with Gasteiger partial charge in [0.1, 0.15) is 17.5 Å². The molecule has 7 heteroatoms. The zero-order valence-corrected chi connectivity index (χ0v) is 13.3. The van der Waals surface area contributed by atoms with Gasteiger partial charge in [-0.1, -0.05) is 0 Å². The van der Waals surface area contributed by atoms with Crippen LogP contribution in [0.25, 0.3) is 0 Å². The highest BCUT2D eigenvalue weighted by molar-refractivity contribution is 5.44. The molecular formula is C15H22N2O5. The number of benzene rings is 1. The lowest BCUT2D eigenvalue weighted by Gasteiger charge is -2.27. The minimum Gasteiger partial charge on any atom is -0.488 e. The van der Waals surface area contributed by atoms with Crippen LogP contribution in [-0.4, -0.2) is 36.2 Å². The fraction of sp³-hybridized carbons (Fsp3) is 0.533. The number of rotatable bonds is 4. The fourth-order valence-corrected chi connectivity index (χ4v) is 1.59. The Morgan fingerprint density at radius 2 is 2.00 bits per heavy atom. The van der Waals surface area contributed by atoms with Crippen molar-refractivity contribution in [3.8, 4) is 5.75 Å². The van der Waals surface area contributed by atoms with E-state index in [-0.39, 0.29) is 22.3 Å². The minimum atomic E-state index is -0.385. The van der Waals surface area contributed by atoms with Gasteiger partial charge in [0.25, 0.3) is 12.2 Å². The van der Waals surface area contributed by atoms with Gasteiger partial charge in [0.05, 0.1) is 4.92 Å². The Morgan fingerprint density at radius 1 is 1.36 bits per heavy atom. The van der Waals surface area contributed by atoms with Crippen molar-refractivity contribution in [2.75, 3.05) is 13.1 Å². The summed E-state index contributed by atoms with van der Waals surface area (Å²) in [6, 6.07) is 4.83. The highest BCUT2D eigenvalue weighted by Crippen LogP contribution is 2.24. The second kappa shape index (κ2) is 7.74. The van der Waals surface area contributed by atoms with Crippen LogP contribution in [0.15, 0.2) is 18.2 Å². The molecule has 1 aliphatic heterocycles. The Kier molecular flexibility index (Phi) is 6.30. The molecule has 1 N–H and O–H groups in total. The van der Waals surface area contributed by atoms with Crippen LogP contribution in [0.1, 0.15) is 26.3 Å². The third-order valence-corrected chi connectivity index (χ3v) is 2.81. The van der Waals surface area contributed by atoms with E-state index >= 15 is 0 Å². The zero-order chi connectivity index (χ0) is 16.8. The Hall–Kier alpha value is -2.15. The van der Waals surface area contributed by atoms with Crippen LogP contribution < -0.4 is 10.1 Å². The summed E-state index contributed by atoms with van der Waals surface area (Å²) in [6.07, 6.45) is 0.200. The number of ether oxygens (including phenoxy) is 2. The molecule has 0 amide bonds. The van der Waals surface area contributed by atoms with Crippen molar-refractivity contribution in [3.05, 3.63) is 33.9 Å². The van der Waals surface area contributed by atoms with Crippen molar-refractivity contribution in [2.45, 2.75) is 39.4 Å². The van der Waals surface area contributed by atoms with Crippen molar-refractivity contribution in [3.63, 3.8) is 0 Å². The summed E-state index contributed by atoms with van der Waals surface area (Å²) >= 11 is 0. The predicted octanol–water partition coefficient (Wildman–Crippen LogP) is 2.21. The first-order valence-corrected chi connectivity index (χ1v) is 6.97. The summed E-state index contributed by atoms with van der Waals surface area (Å²) in [5, 5.41) is 13.7. The SMILES string of the molecule is CC(C)(C)OC=O.Cc1cc(OC2CNC2)ccc1[N+](=O)[O-]. The Labute approximate surface area is 129 Å². The van der Waals surface area contributed by atoms with Gasteiger partial charge in [0, 0.05) is 24.7 Å². The number of carbonyl (C=O) groups is 1. The highest BCUT2D eigenvalue weighted by atomic mass is 16.6. The second-order valence-corrected chi connectivity index (χ2v) is 5.93. The number of aryl methyl sites for hydroxylation is 1. The molecule has 0 radical (unpaired) electrons. The minimum absolute atomic E-state index is 0.133. The molecule has 122 valence electrons. The molecule has 7 nitrogen and oxygen atoms in total.